The fourth-order valence-corrected chi connectivity index (χ4v) is 2.66. The number of aromatic nitrogens is 1. The van der Waals surface area contributed by atoms with E-state index < -0.39 is 15.8 Å². The van der Waals surface area contributed by atoms with Crippen LogP contribution in [0.1, 0.15) is 11.1 Å². The summed E-state index contributed by atoms with van der Waals surface area (Å²) in [6.45, 7) is 1.96. The maximum Gasteiger partial charge on any atom is 0.279 e. The number of rotatable bonds is 4. The molecule has 0 spiro atoms. The molecule has 0 aliphatic carbocycles. The quantitative estimate of drug-likeness (QED) is 0.900. The molecular weight excluding hydrogens is 281 g/mol. The van der Waals surface area contributed by atoms with Crippen LogP contribution in [0.15, 0.2) is 41.6 Å². The van der Waals surface area contributed by atoms with Gasteiger partial charge in [0.05, 0.1) is 5.69 Å². The Morgan fingerprint density at radius 1 is 1.30 bits per heavy atom. The van der Waals surface area contributed by atoms with E-state index in [9.17, 15) is 12.8 Å². The zero-order valence-corrected chi connectivity index (χ0v) is 11.6. The van der Waals surface area contributed by atoms with E-state index in [0.717, 1.165) is 11.6 Å². The number of nitrogens with two attached hydrogens (primary N) is 1. The summed E-state index contributed by atoms with van der Waals surface area (Å²) in [7, 11) is -3.84. The lowest BCUT2D eigenvalue weighted by Gasteiger charge is -2.08. The molecule has 2 aromatic rings. The lowest BCUT2D eigenvalue weighted by molar-refractivity contribution is 0.597. The minimum Gasteiger partial charge on any atom is -0.326 e. The number of pyridine rings is 1. The van der Waals surface area contributed by atoms with E-state index in [2.05, 4.69) is 9.71 Å². The van der Waals surface area contributed by atoms with Crippen LogP contribution in [0.3, 0.4) is 0 Å². The summed E-state index contributed by atoms with van der Waals surface area (Å²) in [5.41, 5.74) is 6.93. The molecule has 0 aliphatic rings. The number of anilines is 1. The van der Waals surface area contributed by atoms with Crippen molar-refractivity contribution in [2.45, 2.75) is 18.5 Å². The first-order valence-corrected chi connectivity index (χ1v) is 7.34. The molecule has 1 aromatic heterocycles. The molecule has 20 heavy (non-hydrogen) atoms. The number of aryl methyl sites for hydroxylation is 1. The van der Waals surface area contributed by atoms with Crippen LogP contribution in [0.4, 0.5) is 10.1 Å². The van der Waals surface area contributed by atoms with Crippen molar-refractivity contribution in [3.8, 4) is 0 Å². The van der Waals surface area contributed by atoms with E-state index >= 15 is 0 Å². The van der Waals surface area contributed by atoms with Crippen molar-refractivity contribution in [3.05, 3.63) is 53.5 Å². The number of halogens is 1. The molecular formula is C13H14FN3O2S. The smallest absolute Gasteiger partial charge is 0.279 e. The highest BCUT2D eigenvalue weighted by molar-refractivity contribution is 7.92. The summed E-state index contributed by atoms with van der Waals surface area (Å²) in [5, 5.41) is -0.142. The number of nitrogens with one attached hydrogen (secondary N) is 1. The third-order valence-corrected chi connectivity index (χ3v) is 3.90. The van der Waals surface area contributed by atoms with E-state index in [0.29, 0.717) is 5.56 Å². The maximum absolute atomic E-state index is 13.2. The van der Waals surface area contributed by atoms with Gasteiger partial charge in [0.25, 0.3) is 10.0 Å². The van der Waals surface area contributed by atoms with Crippen molar-refractivity contribution in [2.24, 2.45) is 5.73 Å². The summed E-state index contributed by atoms with van der Waals surface area (Å²) in [6, 6.07) is 6.90. The van der Waals surface area contributed by atoms with E-state index in [-0.39, 0.29) is 17.3 Å². The molecule has 106 valence electrons. The maximum atomic E-state index is 13.2. The zero-order chi connectivity index (χ0) is 14.8. The van der Waals surface area contributed by atoms with Gasteiger partial charge in [0.15, 0.2) is 5.03 Å². The van der Waals surface area contributed by atoms with Crippen molar-refractivity contribution in [3.63, 3.8) is 0 Å². The van der Waals surface area contributed by atoms with Gasteiger partial charge in [-0.25, -0.2) is 9.37 Å². The van der Waals surface area contributed by atoms with E-state index in [1.807, 2.05) is 0 Å². The number of hydrogen-bond donors (Lipinski definition) is 2. The van der Waals surface area contributed by atoms with E-state index in [4.69, 9.17) is 5.73 Å². The third-order valence-electron chi connectivity index (χ3n) is 2.60. The normalized spacial score (nSPS) is 11.3. The van der Waals surface area contributed by atoms with Gasteiger partial charge < -0.3 is 5.73 Å². The summed E-state index contributed by atoms with van der Waals surface area (Å²) >= 11 is 0. The molecule has 0 fully saturated rings. The Bertz CT molecular complexity index is 695. The predicted molar refractivity (Wildman–Crippen MR) is 74.1 cm³/mol. The lowest BCUT2D eigenvalue weighted by Crippen LogP contribution is -2.15. The highest BCUT2D eigenvalue weighted by Crippen LogP contribution is 2.17. The minimum absolute atomic E-state index is 0.142. The van der Waals surface area contributed by atoms with Crippen molar-refractivity contribution in [2.75, 3.05) is 4.72 Å². The molecule has 0 bridgehead atoms. The average molecular weight is 295 g/mol. The first-order valence-electron chi connectivity index (χ1n) is 5.86. The van der Waals surface area contributed by atoms with Gasteiger partial charge in [-0.3, -0.25) is 4.72 Å². The molecule has 7 heteroatoms. The Morgan fingerprint density at radius 2 is 2.05 bits per heavy atom. The molecule has 0 saturated heterocycles. The Balaban J connectivity index is 2.30. The first kappa shape index (κ1) is 14.4. The fourth-order valence-electron chi connectivity index (χ4n) is 1.69. The SMILES string of the molecule is Cc1cc(F)cc(NS(=O)(=O)c2ccc(CN)cn2)c1. The third kappa shape index (κ3) is 3.31. The van der Waals surface area contributed by atoms with Gasteiger partial charge in [-0.2, -0.15) is 8.42 Å². The van der Waals surface area contributed by atoms with Crippen molar-refractivity contribution in [1.82, 2.24) is 4.98 Å². The minimum atomic E-state index is -3.84. The van der Waals surface area contributed by atoms with Crippen molar-refractivity contribution < 1.29 is 12.8 Å². The van der Waals surface area contributed by atoms with Gasteiger partial charge in [-0.05, 0) is 42.3 Å². The van der Waals surface area contributed by atoms with Crippen LogP contribution in [0.2, 0.25) is 0 Å². The van der Waals surface area contributed by atoms with Crippen LogP contribution in [0, 0.1) is 12.7 Å². The fraction of sp³-hybridized carbons (Fsp3) is 0.154. The van der Waals surface area contributed by atoms with Crippen LogP contribution in [-0.4, -0.2) is 13.4 Å². The number of nitrogens with zero attached hydrogens (tertiary/aromatic N) is 1. The topological polar surface area (TPSA) is 85.1 Å². The molecule has 5 nitrogen and oxygen atoms in total. The molecule has 0 saturated carbocycles. The molecule has 0 atom stereocenters. The summed E-state index contributed by atoms with van der Waals surface area (Å²) in [5.74, 6) is -0.505. The van der Waals surface area contributed by atoms with Crippen LogP contribution in [-0.2, 0) is 16.6 Å². The van der Waals surface area contributed by atoms with Crippen molar-refractivity contribution >= 4 is 15.7 Å². The van der Waals surface area contributed by atoms with Gasteiger partial charge in [0.2, 0.25) is 0 Å². The predicted octanol–water partition coefficient (Wildman–Crippen LogP) is 1.79. The number of sulfonamides is 1. The Labute approximate surface area is 116 Å². The summed E-state index contributed by atoms with van der Waals surface area (Å²) < 4.78 is 39.7. The van der Waals surface area contributed by atoms with Crippen LogP contribution >= 0.6 is 0 Å². The first-order chi connectivity index (χ1) is 9.40. The highest BCUT2D eigenvalue weighted by atomic mass is 32.2. The standard InChI is InChI=1S/C13H14FN3O2S/c1-9-4-11(14)6-12(5-9)17-20(18,19)13-3-2-10(7-15)8-16-13/h2-6,8,17H,7,15H2,1H3. The molecule has 1 heterocycles. The van der Waals surface area contributed by atoms with Gasteiger partial charge in [0, 0.05) is 12.7 Å². The second-order valence-corrected chi connectivity index (χ2v) is 5.96. The Morgan fingerprint density at radius 3 is 2.60 bits per heavy atom. The van der Waals surface area contributed by atoms with Crippen LogP contribution in [0.25, 0.3) is 0 Å². The van der Waals surface area contributed by atoms with Crippen molar-refractivity contribution in [1.29, 1.82) is 0 Å². The van der Waals surface area contributed by atoms with Gasteiger partial charge in [-0.15, -0.1) is 0 Å². The molecule has 2 rings (SSSR count). The monoisotopic (exact) mass is 295 g/mol. The molecule has 0 amide bonds. The average Bonchev–Trinajstić information content (AvgIpc) is 2.37. The lowest BCUT2D eigenvalue weighted by atomic mass is 10.2. The second kappa shape index (κ2) is 5.56. The molecule has 1 aromatic carbocycles. The van der Waals surface area contributed by atoms with Crippen LogP contribution < -0.4 is 10.5 Å². The highest BCUT2D eigenvalue weighted by Gasteiger charge is 2.16. The molecule has 0 unspecified atom stereocenters. The molecule has 3 N–H and O–H groups in total. The van der Waals surface area contributed by atoms with Crippen LogP contribution in [0.5, 0.6) is 0 Å². The zero-order valence-electron chi connectivity index (χ0n) is 10.8. The van der Waals surface area contributed by atoms with E-state index in [1.54, 1.807) is 13.0 Å². The molecule has 0 aliphatic heterocycles. The summed E-state index contributed by atoms with van der Waals surface area (Å²) in [6.07, 6.45) is 1.39. The number of hydrogen-bond acceptors (Lipinski definition) is 4. The molecule has 0 radical (unpaired) electrons. The van der Waals surface area contributed by atoms with Gasteiger partial charge >= 0.3 is 0 Å². The van der Waals surface area contributed by atoms with E-state index in [1.165, 1.54) is 24.4 Å². The number of benzene rings is 1. The Hall–Kier alpha value is -1.99. The Kier molecular flexibility index (Phi) is 4.01. The van der Waals surface area contributed by atoms with Gasteiger partial charge in [0.1, 0.15) is 5.82 Å². The summed E-state index contributed by atoms with van der Waals surface area (Å²) in [4.78, 5) is 3.84. The second-order valence-electron chi connectivity index (χ2n) is 4.33. The largest absolute Gasteiger partial charge is 0.326 e. The van der Waals surface area contributed by atoms with Gasteiger partial charge in [-0.1, -0.05) is 6.07 Å².